The Labute approximate surface area is 101 Å². The third kappa shape index (κ3) is 4.19. The van der Waals surface area contributed by atoms with Crippen LogP contribution in [0.5, 0.6) is 0 Å². The zero-order valence-electron chi connectivity index (χ0n) is 9.62. The van der Waals surface area contributed by atoms with Crippen LogP contribution in [0.15, 0.2) is 12.3 Å². The molecule has 0 atom stereocenters. The predicted molar refractivity (Wildman–Crippen MR) is 63.6 cm³/mol. The molecule has 0 unspecified atom stereocenters. The summed E-state index contributed by atoms with van der Waals surface area (Å²) in [6.07, 6.45) is 3.61. The van der Waals surface area contributed by atoms with Crippen molar-refractivity contribution >= 4 is 17.6 Å². The van der Waals surface area contributed by atoms with Gasteiger partial charge in [-0.25, -0.2) is 0 Å². The van der Waals surface area contributed by atoms with Crippen LogP contribution >= 0.6 is 11.6 Å². The molecule has 0 saturated heterocycles. The lowest BCUT2D eigenvalue weighted by Crippen LogP contribution is -2.04. The molecule has 1 aromatic rings. The van der Waals surface area contributed by atoms with Gasteiger partial charge in [-0.15, -0.1) is 0 Å². The van der Waals surface area contributed by atoms with Crippen molar-refractivity contribution in [2.75, 3.05) is 6.61 Å². The summed E-state index contributed by atoms with van der Waals surface area (Å²) in [6, 6.07) is 1.88. The zero-order chi connectivity index (χ0) is 12.0. The Morgan fingerprint density at radius 2 is 2.31 bits per heavy atom. The Bertz CT molecular complexity index is 366. The molecule has 0 fully saturated rings. The van der Waals surface area contributed by atoms with Crippen molar-refractivity contribution in [3.63, 3.8) is 0 Å². The molecule has 1 aromatic heterocycles. The first-order valence-electron chi connectivity index (χ1n) is 5.40. The van der Waals surface area contributed by atoms with Gasteiger partial charge in [0.1, 0.15) is 0 Å². The Morgan fingerprint density at radius 3 is 2.94 bits per heavy atom. The van der Waals surface area contributed by atoms with E-state index in [1.165, 1.54) is 0 Å². The number of hydrogen-bond donors (Lipinski definition) is 0. The maximum Gasteiger partial charge on any atom is 0.305 e. The van der Waals surface area contributed by atoms with Crippen molar-refractivity contribution in [2.45, 2.75) is 33.1 Å². The van der Waals surface area contributed by atoms with Crippen LogP contribution in [-0.4, -0.2) is 17.6 Å². The molecule has 0 radical (unpaired) electrons. The average molecular weight is 242 g/mol. The van der Waals surface area contributed by atoms with Crippen molar-refractivity contribution in [3.8, 4) is 0 Å². The number of hydrogen-bond acceptors (Lipinski definition) is 3. The van der Waals surface area contributed by atoms with Crippen LogP contribution in [-0.2, 0) is 16.0 Å². The third-order valence-corrected chi connectivity index (χ3v) is 2.46. The lowest BCUT2D eigenvalue weighted by Gasteiger charge is -2.05. The average Bonchev–Trinajstić information content (AvgIpc) is 2.22. The SMILES string of the molecule is CCOC(=O)CCCc1ncc(Cl)cc1C. The normalized spacial score (nSPS) is 10.2. The number of pyridine rings is 1. The highest BCUT2D eigenvalue weighted by atomic mass is 35.5. The number of aryl methyl sites for hydroxylation is 2. The van der Waals surface area contributed by atoms with Crippen LogP contribution < -0.4 is 0 Å². The minimum Gasteiger partial charge on any atom is -0.466 e. The number of ether oxygens (including phenoxy) is 1. The first-order chi connectivity index (χ1) is 7.63. The van der Waals surface area contributed by atoms with E-state index in [1.807, 2.05) is 19.9 Å². The van der Waals surface area contributed by atoms with E-state index in [4.69, 9.17) is 16.3 Å². The number of nitrogens with zero attached hydrogens (tertiary/aromatic N) is 1. The molecule has 0 bridgehead atoms. The van der Waals surface area contributed by atoms with Gasteiger partial charge in [0.05, 0.1) is 11.6 Å². The molecular formula is C12H16ClNO2. The van der Waals surface area contributed by atoms with E-state index in [0.29, 0.717) is 18.1 Å². The Morgan fingerprint density at radius 1 is 1.56 bits per heavy atom. The van der Waals surface area contributed by atoms with Gasteiger partial charge in [-0.1, -0.05) is 11.6 Å². The highest BCUT2D eigenvalue weighted by molar-refractivity contribution is 6.30. The predicted octanol–water partition coefficient (Wildman–Crippen LogP) is 2.93. The van der Waals surface area contributed by atoms with Crippen LogP contribution in [0.4, 0.5) is 0 Å². The smallest absolute Gasteiger partial charge is 0.305 e. The van der Waals surface area contributed by atoms with Gasteiger partial charge in [0.15, 0.2) is 0 Å². The van der Waals surface area contributed by atoms with Gasteiger partial charge in [-0.05, 0) is 38.3 Å². The lowest BCUT2D eigenvalue weighted by atomic mass is 10.1. The molecule has 88 valence electrons. The van der Waals surface area contributed by atoms with E-state index in [1.54, 1.807) is 6.20 Å². The summed E-state index contributed by atoms with van der Waals surface area (Å²) in [4.78, 5) is 15.3. The monoisotopic (exact) mass is 241 g/mol. The molecule has 0 aliphatic rings. The highest BCUT2D eigenvalue weighted by Gasteiger charge is 2.04. The number of esters is 1. The molecular weight excluding hydrogens is 226 g/mol. The third-order valence-electron chi connectivity index (χ3n) is 2.25. The Balaban J connectivity index is 2.40. The molecule has 0 aromatic carbocycles. The fourth-order valence-electron chi connectivity index (χ4n) is 1.46. The number of carbonyl (C=O) groups is 1. The molecule has 4 heteroatoms. The maximum atomic E-state index is 11.1. The first kappa shape index (κ1) is 13.0. The standard InChI is InChI=1S/C12H16ClNO2/c1-3-16-12(15)6-4-5-11-9(2)7-10(13)8-14-11/h7-8H,3-6H2,1-2H3. The van der Waals surface area contributed by atoms with Gasteiger partial charge in [-0.2, -0.15) is 0 Å². The van der Waals surface area contributed by atoms with E-state index >= 15 is 0 Å². The summed E-state index contributed by atoms with van der Waals surface area (Å²) in [6.45, 7) is 4.22. The first-order valence-corrected chi connectivity index (χ1v) is 5.78. The van der Waals surface area contributed by atoms with Crippen LogP contribution in [0.2, 0.25) is 5.02 Å². The van der Waals surface area contributed by atoms with E-state index in [-0.39, 0.29) is 5.97 Å². The second-order valence-electron chi connectivity index (χ2n) is 3.58. The van der Waals surface area contributed by atoms with Crippen molar-refractivity contribution < 1.29 is 9.53 Å². The zero-order valence-corrected chi connectivity index (χ0v) is 10.4. The summed E-state index contributed by atoms with van der Waals surface area (Å²) >= 11 is 5.81. The van der Waals surface area contributed by atoms with E-state index in [9.17, 15) is 4.79 Å². The van der Waals surface area contributed by atoms with Crippen molar-refractivity contribution in [1.82, 2.24) is 4.98 Å². The van der Waals surface area contributed by atoms with Crippen molar-refractivity contribution in [3.05, 3.63) is 28.5 Å². The minimum absolute atomic E-state index is 0.144. The fourth-order valence-corrected chi connectivity index (χ4v) is 1.68. The second kappa shape index (κ2) is 6.48. The molecule has 0 aliphatic carbocycles. The summed E-state index contributed by atoms with van der Waals surface area (Å²) in [5.41, 5.74) is 2.06. The Kier molecular flexibility index (Phi) is 5.26. The van der Waals surface area contributed by atoms with Gasteiger partial charge in [0.25, 0.3) is 0 Å². The van der Waals surface area contributed by atoms with Crippen LogP contribution in [0.25, 0.3) is 0 Å². The molecule has 0 aliphatic heterocycles. The summed E-state index contributed by atoms with van der Waals surface area (Å²) < 4.78 is 4.85. The molecule has 0 spiro atoms. The van der Waals surface area contributed by atoms with Gasteiger partial charge in [0.2, 0.25) is 0 Å². The molecule has 0 saturated carbocycles. The van der Waals surface area contributed by atoms with E-state index in [0.717, 1.165) is 24.1 Å². The Hall–Kier alpha value is -1.09. The number of carbonyl (C=O) groups excluding carboxylic acids is 1. The number of aromatic nitrogens is 1. The largest absolute Gasteiger partial charge is 0.466 e. The molecule has 1 rings (SSSR count). The second-order valence-corrected chi connectivity index (χ2v) is 4.01. The van der Waals surface area contributed by atoms with Gasteiger partial charge in [0, 0.05) is 18.3 Å². The van der Waals surface area contributed by atoms with Crippen LogP contribution in [0, 0.1) is 6.92 Å². The van der Waals surface area contributed by atoms with Crippen LogP contribution in [0.1, 0.15) is 31.0 Å². The van der Waals surface area contributed by atoms with Crippen molar-refractivity contribution in [2.24, 2.45) is 0 Å². The minimum atomic E-state index is -0.144. The van der Waals surface area contributed by atoms with Crippen molar-refractivity contribution in [1.29, 1.82) is 0 Å². The van der Waals surface area contributed by atoms with E-state index in [2.05, 4.69) is 4.98 Å². The molecule has 0 amide bonds. The highest BCUT2D eigenvalue weighted by Crippen LogP contribution is 2.14. The summed E-state index contributed by atoms with van der Waals surface area (Å²) in [5.74, 6) is -0.144. The number of rotatable bonds is 5. The number of halogens is 1. The van der Waals surface area contributed by atoms with Gasteiger partial charge in [-0.3, -0.25) is 9.78 Å². The van der Waals surface area contributed by atoms with E-state index < -0.39 is 0 Å². The summed E-state index contributed by atoms with van der Waals surface area (Å²) in [5, 5.41) is 0.645. The molecule has 3 nitrogen and oxygen atoms in total. The fraction of sp³-hybridized carbons (Fsp3) is 0.500. The van der Waals surface area contributed by atoms with Gasteiger partial charge < -0.3 is 4.74 Å². The summed E-state index contributed by atoms with van der Waals surface area (Å²) in [7, 11) is 0. The molecule has 0 N–H and O–H groups in total. The maximum absolute atomic E-state index is 11.1. The lowest BCUT2D eigenvalue weighted by molar-refractivity contribution is -0.143. The molecule has 16 heavy (non-hydrogen) atoms. The molecule has 1 heterocycles. The topological polar surface area (TPSA) is 39.2 Å². The van der Waals surface area contributed by atoms with Crippen LogP contribution in [0.3, 0.4) is 0 Å². The van der Waals surface area contributed by atoms with Gasteiger partial charge >= 0.3 is 5.97 Å². The quantitative estimate of drug-likeness (QED) is 0.744.